The Morgan fingerprint density at radius 1 is 1.00 bits per heavy atom. The van der Waals surface area contributed by atoms with Gasteiger partial charge in [0, 0.05) is 0 Å². The first kappa shape index (κ1) is 14.8. The molecular weight excluding hydrogens is 245 g/mol. The first-order valence-electron chi connectivity index (χ1n) is 5.19. The highest BCUT2D eigenvalue weighted by Gasteiger charge is 2.31. The van der Waals surface area contributed by atoms with Crippen molar-refractivity contribution in [3.63, 3.8) is 0 Å². The highest BCUT2D eigenvalue weighted by Crippen LogP contribution is 2.34. The summed E-state index contributed by atoms with van der Waals surface area (Å²) in [7, 11) is 0. The fourth-order valence-corrected chi connectivity index (χ4v) is 1.59. The highest BCUT2D eigenvalue weighted by molar-refractivity contribution is 6.68. The lowest BCUT2D eigenvalue weighted by Crippen LogP contribution is -2.20. The van der Waals surface area contributed by atoms with Gasteiger partial charge in [-0.2, -0.15) is 0 Å². The molecule has 0 aliphatic heterocycles. The van der Waals surface area contributed by atoms with Gasteiger partial charge >= 0.3 is 0 Å². The number of unbranched alkanes of at least 4 members (excludes halogenated alkanes) is 5. The molecule has 0 saturated heterocycles. The van der Waals surface area contributed by atoms with Gasteiger partial charge in [0.1, 0.15) is 6.17 Å². The molecule has 0 radical (unpaired) electrons. The Kier molecular flexibility index (Phi) is 8.47. The SMILES string of the molecule is CCCCCCCCC(F)C(Cl)(Cl)Cl. The monoisotopic (exact) mass is 262 g/mol. The van der Waals surface area contributed by atoms with Crippen LogP contribution in [0.4, 0.5) is 4.39 Å². The third kappa shape index (κ3) is 8.14. The molecule has 0 N–H and O–H groups in total. The van der Waals surface area contributed by atoms with E-state index in [4.69, 9.17) is 34.8 Å². The van der Waals surface area contributed by atoms with Gasteiger partial charge in [-0.3, -0.25) is 0 Å². The average molecular weight is 264 g/mol. The van der Waals surface area contributed by atoms with E-state index in [0.717, 1.165) is 19.3 Å². The molecule has 0 heterocycles. The van der Waals surface area contributed by atoms with Gasteiger partial charge < -0.3 is 0 Å². The van der Waals surface area contributed by atoms with Crippen LogP contribution in [0.2, 0.25) is 0 Å². The second-order valence-electron chi connectivity index (χ2n) is 3.57. The molecule has 0 aliphatic rings. The van der Waals surface area contributed by atoms with Gasteiger partial charge in [0.15, 0.2) is 0 Å². The van der Waals surface area contributed by atoms with E-state index < -0.39 is 9.96 Å². The van der Waals surface area contributed by atoms with Crippen LogP contribution in [-0.4, -0.2) is 9.96 Å². The molecule has 1 unspecified atom stereocenters. The predicted molar refractivity (Wildman–Crippen MR) is 63.2 cm³/mol. The largest absolute Gasteiger partial charge is 0.243 e. The van der Waals surface area contributed by atoms with Crippen molar-refractivity contribution < 1.29 is 4.39 Å². The maximum absolute atomic E-state index is 13.1. The van der Waals surface area contributed by atoms with Crippen molar-refractivity contribution in [1.82, 2.24) is 0 Å². The summed E-state index contributed by atoms with van der Waals surface area (Å²) in [6.07, 6.45) is 5.70. The van der Waals surface area contributed by atoms with Crippen LogP contribution in [0.3, 0.4) is 0 Å². The normalized spacial score (nSPS) is 14.4. The predicted octanol–water partition coefficient (Wildman–Crippen LogP) is 5.45. The maximum Gasteiger partial charge on any atom is 0.221 e. The number of hydrogen-bond donors (Lipinski definition) is 0. The topological polar surface area (TPSA) is 0 Å². The Morgan fingerprint density at radius 3 is 2.00 bits per heavy atom. The van der Waals surface area contributed by atoms with Crippen molar-refractivity contribution in [3.8, 4) is 0 Å². The highest BCUT2D eigenvalue weighted by atomic mass is 35.6. The van der Waals surface area contributed by atoms with Gasteiger partial charge in [-0.1, -0.05) is 80.3 Å². The number of alkyl halides is 4. The molecule has 0 rings (SSSR count). The van der Waals surface area contributed by atoms with Crippen molar-refractivity contribution in [2.75, 3.05) is 0 Å². The smallest absolute Gasteiger partial charge is 0.221 e. The summed E-state index contributed by atoms with van der Waals surface area (Å²) in [4.78, 5) is 0. The van der Waals surface area contributed by atoms with Gasteiger partial charge in [-0.25, -0.2) is 4.39 Å². The van der Waals surface area contributed by atoms with E-state index in [2.05, 4.69) is 6.92 Å². The van der Waals surface area contributed by atoms with E-state index >= 15 is 0 Å². The Labute approximate surface area is 101 Å². The summed E-state index contributed by atoms with van der Waals surface area (Å²) < 4.78 is 11.3. The Morgan fingerprint density at radius 2 is 1.50 bits per heavy atom. The van der Waals surface area contributed by atoms with Crippen LogP contribution < -0.4 is 0 Å². The third-order valence-electron chi connectivity index (χ3n) is 2.17. The van der Waals surface area contributed by atoms with Crippen LogP contribution in [0.5, 0.6) is 0 Å². The summed E-state index contributed by atoms with van der Waals surface area (Å²) in [5.74, 6) is 0. The average Bonchev–Trinajstić information content (AvgIpc) is 2.09. The Hall–Kier alpha value is 0.800. The molecule has 0 nitrogen and oxygen atoms in total. The molecule has 0 aliphatic carbocycles. The lowest BCUT2D eigenvalue weighted by atomic mass is 10.1. The molecule has 0 amide bonds. The molecule has 0 aromatic carbocycles. The zero-order chi connectivity index (χ0) is 11.0. The molecule has 0 bridgehead atoms. The van der Waals surface area contributed by atoms with Gasteiger partial charge in [-0.15, -0.1) is 0 Å². The summed E-state index contributed by atoms with van der Waals surface area (Å²) in [5.41, 5.74) is 0. The fourth-order valence-electron chi connectivity index (χ4n) is 1.27. The molecular formula is C10H18Cl3F. The Balaban J connectivity index is 3.28. The van der Waals surface area contributed by atoms with Gasteiger partial charge in [0.2, 0.25) is 3.79 Å². The zero-order valence-electron chi connectivity index (χ0n) is 8.54. The van der Waals surface area contributed by atoms with Gasteiger partial charge in [-0.05, 0) is 6.42 Å². The summed E-state index contributed by atoms with van der Waals surface area (Å²) in [6, 6.07) is 0. The molecule has 0 aromatic heterocycles. The number of rotatable bonds is 7. The van der Waals surface area contributed by atoms with Crippen LogP contribution in [0.25, 0.3) is 0 Å². The van der Waals surface area contributed by atoms with Crippen molar-refractivity contribution in [2.45, 2.75) is 61.8 Å². The number of hydrogen-bond acceptors (Lipinski definition) is 0. The molecule has 0 fully saturated rings. The molecule has 0 spiro atoms. The minimum Gasteiger partial charge on any atom is -0.243 e. The van der Waals surface area contributed by atoms with E-state index in [-0.39, 0.29) is 0 Å². The van der Waals surface area contributed by atoms with E-state index in [1.54, 1.807) is 0 Å². The maximum atomic E-state index is 13.1. The molecule has 1 atom stereocenters. The van der Waals surface area contributed by atoms with E-state index in [1.807, 2.05) is 0 Å². The minimum absolute atomic E-state index is 0.350. The molecule has 4 heteroatoms. The second-order valence-corrected chi connectivity index (χ2v) is 5.93. The lowest BCUT2D eigenvalue weighted by Gasteiger charge is -2.15. The summed E-state index contributed by atoms with van der Waals surface area (Å²) in [5, 5.41) is 0. The van der Waals surface area contributed by atoms with Crippen molar-refractivity contribution in [3.05, 3.63) is 0 Å². The summed E-state index contributed by atoms with van der Waals surface area (Å²) in [6.45, 7) is 2.17. The van der Waals surface area contributed by atoms with Gasteiger partial charge in [0.05, 0.1) is 0 Å². The molecule has 0 saturated carbocycles. The van der Waals surface area contributed by atoms with Crippen molar-refractivity contribution in [1.29, 1.82) is 0 Å². The Bertz CT molecular complexity index is 134. The van der Waals surface area contributed by atoms with Crippen LogP contribution in [-0.2, 0) is 0 Å². The molecule has 86 valence electrons. The third-order valence-corrected chi connectivity index (χ3v) is 2.88. The molecule has 14 heavy (non-hydrogen) atoms. The molecule has 0 aromatic rings. The van der Waals surface area contributed by atoms with Crippen molar-refractivity contribution in [2.24, 2.45) is 0 Å². The van der Waals surface area contributed by atoms with Crippen LogP contribution in [0.15, 0.2) is 0 Å². The quantitative estimate of drug-likeness (QED) is 0.423. The van der Waals surface area contributed by atoms with Crippen LogP contribution in [0.1, 0.15) is 51.9 Å². The first-order valence-corrected chi connectivity index (χ1v) is 6.32. The first-order chi connectivity index (χ1) is 6.48. The summed E-state index contributed by atoms with van der Waals surface area (Å²) >= 11 is 16.2. The zero-order valence-corrected chi connectivity index (χ0v) is 10.8. The van der Waals surface area contributed by atoms with Crippen LogP contribution >= 0.6 is 34.8 Å². The lowest BCUT2D eigenvalue weighted by molar-refractivity contribution is 0.308. The minimum atomic E-state index is -1.75. The van der Waals surface area contributed by atoms with Gasteiger partial charge in [0.25, 0.3) is 0 Å². The second kappa shape index (κ2) is 8.01. The van der Waals surface area contributed by atoms with Crippen LogP contribution in [0, 0.1) is 0 Å². The van der Waals surface area contributed by atoms with E-state index in [1.165, 1.54) is 19.3 Å². The standard InChI is InChI=1S/C10H18Cl3F/c1-2-3-4-5-6-7-8-9(14)10(11,12)13/h9H,2-8H2,1H3. The van der Waals surface area contributed by atoms with Crippen molar-refractivity contribution >= 4 is 34.8 Å². The fraction of sp³-hybridized carbons (Fsp3) is 1.00. The van der Waals surface area contributed by atoms with E-state index in [9.17, 15) is 4.39 Å². The van der Waals surface area contributed by atoms with E-state index in [0.29, 0.717) is 6.42 Å². The number of halogens is 4.